The Morgan fingerprint density at radius 2 is 1.61 bits per heavy atom. The second-order valence-electron chi connectivity index (χ2n) is 8.57. The fourth-order valence-corrected chi connectivity index (χ4v) is 5.52. The molecule has 6 heteroatoms. The zero-order valence-electron chi connectivity index (χ0n) is 19.3. The molecule has 0 unspecified atom stereocenters. The highest BCUT2D eigenvalue weighted by atomic mass is 35.5. The van der Waals surface area contributed by atoms with Crippen molar-refractivity contribution < 1.29 is 4.79 Å². The van der Waals surface area contributed by atoms with E-state index in [1.807, 2.05) is 72.8 Å². The molecule has 1 N–H and O–H groups in total. The first-order valence-corrected chi connectivity index (χ1v) is 12.7. The lowest BCUT2D eigenvalue weighted by molar-refractivity contribution is 0.102. The lowest BCUT2D eigenvalue weighted by atomic mass is 10.0. The predicted molar refractivity (Wildman–Crippen MR) is 150 cm³/mol. The first-order valence-electron chi connectivity index (χ1n) is 11.5. The molecule has 0 spiro atoms. The first kappa shape index (κ1) is 22.4. The molecule has 0 aliphatic rings. The topological polar surface area (TPSA) is 54.9 Å². The van der Waals surface area contributed by atoms with Crippen LogP contribution in [0.5, 0.6) is 0 Å². The number of rotatable bonds is 4. The van der Waals surface area contributed by atoms with E-state index in [0.29, 0.717) is 22.0 Å². The number of halogens is 1. The molecule has 0 atom stereocenters. The number of nitrogens with zero attached hydrogens (tertiary/aromatic N) is 2. The van der Waals surface area contributed by atoms with Crippen LogP contribution in [0, 0.1) is 6.92 Å². The third kappa shape index (κ3) is 4.24. The summed E-state index contributed by atoms with van der Waals surface area (Å²) < 4.78 is 1.17. The normalized spacial score (nSPS) is 11.2. The molecular formula is C30H20ClN3OS. The summed E-state index contributed by atoms with van der Waals surface area (Å²) in [5.41, 5.74) is 6.67. The molecule has 0 aliphatic carbocycles. The van der Waals surface area contributed by atoms with Crippen LogP contribution in [0.3, 0.4) is 0 Å². The molecule has 0 saturated carbocycles. The third-order valence-electron chi connectivity index (χ3n) is 6.04. The zero-order valence-corrected chi connectivity index (χ0v) is 20.9. The Bertz CT molecular complexity index is 1760. The van der Waals surface area contributed by atoms with Gasteiger partial charge in [-0.3, -0.25) is 4.79 Å². The van der Waals surface area contributed by atoms with Gasteiger partial charge in [-0.05, 0) is 67.1 Å². The van der Waals surface area contributed by atoms with E-state index in [4.69, 9.17) is 21.6 Å². The number of hydrogen-bond donors (Lipinski definition) is 1. The maximum Gasteiger partial charge on any atom is 0.256 e. The van der Waals surface area contributed by atoms with Gasteiger partial charge in [0.25, 0.3) is 5.91 Å². The third-order valence-corrected chi connectivity index (χ3v) is 7.44. The minimum absolute atomic E-state index is 0.204. The molecule has 0 saturated heterocycles. The number of amides is 1. The molecule has 0 bridgehead atoms. The van der Waals surface area contributed by atoms with Crippen LogP contribution < -0.4 is 5.32 Å². The van der Waals surface area contributed by atoms with E-state index in [0.717, 1.165) is 32.6 Å². The summed E-state index contributed by atoms with van der Waals surface area (Å²) in [7, 11) is 0. The van der Waals surface area contributed by atoms with E-state index in [9.17, 15) is 4.79 Å². The summed E-state index contributed by atoms with van der Waals surface area (Å²) in [5, 5.41) is 5.37. The largest absolute Gasteiger partial charge is 0.322 e. The Labute approximate surface area is 217 Å². The van der Waals surface area contributed by atoms with E-state index < -0.39 is 0 Å². The summed E-state index contributed by atoms with van der Waals surface area (Å²) >= 11 is 8.09. The van der Waals surface area contributed by atoms with Gasteiger partial charge >= 0.3 is 0 Å². The molecular weight excluding hydrogens is 486 g/mol. The summed E-state index contributed by atoms with van der Waals surface area (Å²) in [6, 6.07) is 31.0. The monoisotopic (exact) mass is 505 g/mol. The molecule has 4 aromatic carbocycles. The Morgan fingerprint density at radius 3 is 2.44 bits per heavy atom. The average Bonchev–Trinajstić information content (AvgIpc) is 3.32. The van der Waals surface area contributed by atoms with Gasteiger partial charge < -0.3 is 5.32 Å². The minimum atomic E-state index is -0.204. The molecule has 6 rings (SSSR count). The average molecular weight is 506 g/mol. The van der Waals surface area contributed by atoms with Gasteiger partial charge in [-0.25, -0.2) is 9.97 Å². The van der Waals surface area contributed by atoms with Crippen molar-refractivity contribution in [2.75, 3.05) is 5.32 Å². The van der Waals surface area contributed by atoms with Crippen LogP contribution in [0.25, 0.3) is 42.9 Å². The summed E-state index contributed by atoms with van der Waals surface area (Å²) in [6.07, 6.45) is 0. The molecule has 4 nitrogen and oxygen atoms in total. The highest BCUT2D eigenvalue weighted by Gasteiger charge is 2.16. The van der Waals surface area contributed by atoms with Crippen molar-refractivity contribution in [3.8, 4) is 21.8 Å². The Kier molecular flexibility index (Phi) is 5.72. The lowest BCUT2D eigenvalue weighted by Crippen LogP contribution is -2.13. The van der Waals surface area contributed by atoms with Crippen LogP contribution >= 0.6 is 22.9 Å². The van der Waals surface area contributed by atoms with Gasteiger partial charge in [-0.15, -0.1) is 11.3 Å². The van der Waals surface area contributed by atoms with Gasteiger partial charge in [0, 0.05) is 27.2 Å². The molecule has 2 aromatic heterocycles. The number of pyridine rings is 1. The highest BCUT2D eigenvalue weighted by molar-refractivity contribution is 7.21. The Hall–Kier alpha value is -4.06. The van der Waals surface area contributed by atoms with Gasteiger partial charge in [0.2, 0.25) is 0 Å². The standard InChI is InChI=1S/C30H20ClN3OS/c1-18-10-15-26-28(16-18)36-30(34-26)19-11-13-20(14-12-19)32-29(35)23-17-27(22-7-2-4-8-24(22)31)33-25-9-5-3-6-21(23)25/h2-17H,1H3,(H,32,35). The summed E-state index contributed by atoms with van der Waals surface area (Å²) in [5.74, 6) is -0.204. The van der Waals surface area contributed by atoms with Crippen molar-refractivity contribution >= 4 is 55.7 Å². The number of aryl methyl sites for hydroxylation is 1. The minimum Gasteiger partial charge on any atom is -0.322 e. The molecule has 1 amide bonds. The number of fused-ring (bicyclic) bond motifs is 2. The van der Waals surface area contributed by atoms with Crippen LogP contribution in [0.15, 0.2) is 97.1 Å². The van der Waals surface area contributed by atoms with Crippen molar-refractivity contribution in [1.29, 1.82) is 0 Å². The smallest absolute Gasteiger partial charge is 0.256 e. The van der Waals surface area contributed by atoms with Gasteiger partial charge in [0.05, 0.1) is 27.0 Å². The SMILES string of the molecule is Cc1ccc2nc(-c3ccc(NC(=O)c4cc(-c5ccccc5Cl)nc5ccccc45)cc3)sc2c1. The number of nitrogens with one attached hydrogen (secondary N) is 1. The summed E-state index contributed by atoms with van der Waals surface area (Å²) in [6.45, 7) is 2.08. The number of aromatic nitrogens is 2. The maximum atomic E-state index is 13.4. The molecule has 174 valence electrons. The number of benzene rings is 4. The summed E-state index contributed by atoms with van der Waals surface area (Å²) in [4.78, 5) is 22.9. The van der Waals surface area contributed by atoms with Gasteiger partial charge in [0.15, 0.2) is 0 Å². The number of hydrogen-bond acceptors (Lipinski definition) is 4. The molecule has 0 aliphatic heterocycles. The van der Waals surface area contributed by atoms with E-state index in [-0.39, 0.29) is 5.91 Å². The van der Waals surface area contributed by atoms with Crippen LogP contribution in [0.2, 0.25) is 5.02 Å². The fourth-order valence-electron chi connectivity index (χ4n) is 4.22. The quantitative estimate of drug-likeness (QED) is 0.261. The second-order valence-corrected chi connectivity index (χ2v) is 10.0. The highest BCUT2D eigenvalue weighted by Crippen LogP contribution is 2.32. The van der Waals surface area contributed by atoms with Crippen molar-refractivity contribution in [2.24, 2.45) is 0 Å². The number of thiazole rings is 1. The van der Waals surface area contributed by atoms with Crippen LogP contribution in [-0.4, -0.2) is 15.9 Å². The molecule has 6 aromatic rings. The zero-order chi connectivity index (χ0) is 24.6. The van der Waals surface area contributed by atoms with E-state index in [2.05, 4.69) is 30.4 Å². The van der Waals surface area contributed by atoms with Crippen LogP contribution in [-0.2, 0) is 0 Å². The molecule has 0 radical (unpaired) electrons. The lowest BCUT2D eigenvalue weighted by Gasteiger charge is -2.11. The van der Waals surface area contributed by atoms with E-state index in [1.165, 1.54) is 10.3 Å². The molecule has 2 heterocycles. The van der Waals surface area contributed by atoms with Crippen molar-refractivity contribution in [3.05, 3.63) is 113 Å². The van der Waals surface area contributed by atoms with Crippen LogP contribution in [0.1, 0.15) is 15.9 Å². The second kappa shape index (κ2) is 9.19. The van der Waals surface area contributed by atoms with E-state index >= 15 is 0 Å². The first-order chi connectivity index (χ1) is 17.5. The fraction of sp³-hybridized carbons (Fsp3) is 0.0333. The number of carbonyl (C=O) groups is 1. The van der Waals surface area contributed by atoms with Gasteiger partial charge in [-0.1, -0.05) is 54.1 Å². The van der Waals surface area contributed by atoms with Crippen molar-refractivity contribution in [2.45, 2.75) is 6.92 Å². The Morgan fingerprint density at radius 1 is 0.833 bits per heavy atom. The predicted octanol–water partition coefficient (Wildman–Crippen LogP) is 8.39. The van der Waals surface area contributed by atoms with Crippen LogP contribution in [0.4, 0.5) is 5.69 Å². The van der Waals surface area contributed by atoms with Gasteiger partial charge in [0.1, 0.15) is 5.01 Å². The van der Waals surface area contributed by atoms with E-state index in [1.54, 1.807) is 17.4 Å². The number of para-hydroxylation sites is 1. The number of carbonyl (C=O) groups excluding carboxylic acids is 1. The number of anilines is 1. The van der Waals surface area contributed by atoms with Crippen molar-refractivity contribution in [1.82, 2.24) is 9.97 Å². The molecule has 36 heavy (non-hydrogen) atoms. The van der Waals surface area contributed by atoms with Crippen molar-refractivity contribution in [3.63, 3.8) is 0 Å². The van der Waals surface area contributed by atoms with Gasteiger partial charge in [-0.2, -0.15) is 0 Å². The Balaban J connectivity index is 1.32. The molecule has 0 fully saturated rings. The maximum absolute atomic E-state index is 13.4.